The summed E-state index contributed by atoms with van der Waals surface area (Å²) in [4.78, 5) is 0. The zero-order valence-corrected chi connectivity index (χ0v) is 11.3. The molecule has 1 aromatic heterocycles. The molecule has 0 saturated carbocycles. The Morgan fingerprint density at radius 2 is 2.06 bits per heavy atom. The van der Waals surface area contributed by atoms with E-state index in [0.717, 1.165) is 12.1 Å². The number of aromatic nitrogens is 2. The fourth-order valence-electron chi connectivity index (χ4n) is 2.26. The molecular formula is C15H21N3. The van der Waals surface area contributed by atoms with E-state index in [2.05, 4.69) is 43.2 Å². The first-order valence-electron chi connectivity index (χ1n) is 6.45. The van der Waals surface area contributed by atoms with Gasteiger partial charge in [-0.15, -0.1) is 0 Å². The largest absolute Gasteiger partial charge is 0.326 e. The molecule has 96 valence electrons. The van der Waals surface area contributed by atoms with Crippen LogP contribution in [-0.2, 0) is 0 Å². The highest BCUT2D eigenvalue weighted by molar-refractivity contribution is 5.27. The van der Waals surface area contributed by atoms with Crippen molar-refractivity contribution in [3.8, 4) is 0 Å². The standard InChI is InChI=1S/C15H21N3/c1-4-14(16)15(18-9-8-12(3)17-18)13-7-5-6-11(2)10-13/h5-10,14-15H,4,16H2,1-3H3. The summed E-state index contributed by atoms with van der Waals surface area (Å²) in [5.74, 6) is 0. The third-order valence-electron chi connectivity index (χ3n) is 3.29. The van der Waals surface area contributed by atoms with Crippen molar-refractivity contribution in [2.24, 2.45) is 5.73 Å². The maximum atomic E-state index is 6.28. The van der Waals surface area contributed by atoms with E-state index in [1.54, 1.807) is 0 Å². The minimum atomic E-state index is 0.0751. The van der Waals surface area contributed by atoms with E-state index in [-0.39, 0.29) is 12.1 Å². The monoisotopic (exact) mass is 243 g/mol. The zero-order valence-electron chi connectivity index (χ0n) is 11.3. The van der Waals surface area contributed by atoms with Crippen LogP contribution in [0.2, 0.25) is 0 Å². The van der Waals surface area contributed by atoms with Crippen molar-refractivity contribution in [2.75, 3.05) is 0 Å². The summed E-state index contributed by atoms with van der Waals surface area (Å²) < 4.78 is 1.98. The first-order chi connectivity index (χ1) is 8.61. The molecule has 2 unspecified atom stereocenters. The molecule has 2 N–H and O–H groups in total. The molecule has 1 heterocycles. The van der Waals surface area contributed by atoms with Crippen LogP contribution in [0.3, 0.4) is 0 Å². The number of hydrogen-bond acceptors (Lipinski definition) is 2. The smallest absolute Gasteiger partial charge is 0.0919 e. The third-order valence-corrected chi connectivity index (χ3v) is 3.29. The van der Waals surface area contributed by atoms with E-state index in [4.69, 9.17) is 5.73 Å². The van der Waals surface area contributed by atoms with Crippen LogP contribution in [0.4, 0.5) is 0 Å². The van der Waals surface area contributed by atoms with Crippen LogP contribution in [0, 0.1) is 13.8 Å². The van der Waals surface area contributed by atoms with Gasteiger partial charge in [-0.2, -0.15) is 5.10 Å². The minimum absolute atomic E-state index is 0.0751. The van der Waals surface area contributed by atoms with Crippen LogP contribution in [0.5, 0.6) is 0 Å². The van der Waals surface area contributed by atoms with Crippen molar-refractivity contribution >= 4 is 0 Å². The van der Waals surface area contributed by atoms with Gasteiger partial charge in [0.15, 0.2) is 0 Å². The van der Waals surface area contributed by atoms with Gasteiger partial charge < -0.3 is 5.73 Å². The molecule has 18 heavy (non-hydrogen) atoms. The van der Waals surface area contributed by atoms with Gasteiger partial charge in [0, 0.05) is 12.2 Å². The second-order valence-corrected chi connectivity index (χ2v) is 4.87. The average Bonchev–Trinajstić information content (AvgIpc) is 2.76. The van der Waals surface area contributed by atoms with Crippen molar-refractivity contribution in [1.82, 2.24) is 9.78 Å². The molecule has 0 aliphatic rings. The predicted octanol–water partition coefficient (Wildman–Crippen LogP) is 2.83. The van der Waals surface area contributed by atoms with Gasteiger partial charge in [0.05, 0.1) is 11.7 Å². The Hall–Kier alpha value is -1.61. The number of hydrogen-bond donors (Lipinski definition) is 1. The Kier molecular flexibility index (Phi) is 3.82. The van der Waals surface area contributed by atoms with Crippen molar-refractivity contribution in [1.29, 1.82) is 0 Å². The summed E-state index contributed by atoms with van der Waals surface area (Å²) in [5, 5.41) is 4.52. The number of rotatable bonds is 4. The number of aryl methyl sites for hydroxylation is 2. The lowest BCUT2D eigenvalue weighted by atomic mass is 9.97. The fraction of sp³-hybridized carbons (Fsp3) is 0.400. The van der Waals surface area contributed by atoms with Crippen molar-refractivity contribution in [2.45, 2.75) is 39.3 Å². The topological polar surface area (TPSA) is 43.8 Å². The van der Waals surface area contributed by atoms with E-state index in [1.807, 2.05) is 23.9 Å². The zero-order chi connectivity index (χ0) is 13.1. The van der Waals surface area contributed by atoms with Gasteiger partial charge in [0.2, 0.25) is 0 Å². The Bertz CT molecular complexity index is 516. The molecule has 0 radical (unpaired) electrons. The van der Waals surface area contributed by atoms with E-state index >= 15 is 0 Å². The lowest BCUT2D eigenvalue weighted by Crippen LogP contribution is -2.33. The molecule has 0 amide bonds. The van der Waals surface area contributed by atoms with Gasteiger partial charge in [0.25, 0.3) is 0 Å². The van der Waals surface area contributed by atoms with Crippen molar-refractivity contribution < 1.29 is 0 Å². The van der Waals surface area contributed by atoms with Crippen LogP contribution in [-0.4, -0.2) is 15.8 Å². The quantitative estimate of drug-likeness (QED) is 0.897. The molecular weight excluding hydrogens is 222 g/mol. The summed E-state index contributed by atoms with van der Waals surface area (Å²) in [7, 11) is 0. The third kappa shape index (κ3) is 2.62. The molecule has 0 spiro atoms. The molecule has 1 aromatic carbocycles. The summed E-state index contributed by atoms with van der Waals surface area (Å²) in [6.45, 7) is 6.22. The van der Waals surface area contributed by atoms with Crippen LogP contribution < -0.4 is 5.73 Å². The highest BCUT2D eigenvalue weighted by Crippen LogP contribution is 2.23. The van der Waals surface area contributed by atoms with Gasteiger partial charge in [-0.3, -0.25) is 4.68 Å². The van der Waals surface area contributed by atoms with Gasteiger partial charge >= 0.3 is 0 Å². The van der Waals surface area contributed by atoms with Crippen LogP contribution in [0.25, 0.3) is 0 Å². The Morgan fingerprint density at radius 1 is 1.28 bits per heavy atom. The summed E-state index contributed by atoms with van der Waals surface area (Å²) >= 11 is 0. The van der Waals surface area contributed by atoms with Crippen LogP contribution >= 0.6 is 0 Å². The van der Waals surface area contributed by atoms with Gasteiger partial charge in [-0.05, 0) is 31.9 Å². The Labute approximate surface area is 109 Å². The second kappa shape index (κ2) is 5.36. The molecule has 3 nitrogen and oxygen atoms in total. The SMILES string of the molecule is CCC(N)C(c1cccc(C)c1)n1ccc(C)n1. The van der Waals surface area contributed by atoms with E-state index in [1.165, 1.54) is 11.1 Å². The lowest BCUT2D eigenvalue weighted by Gasteiger charge is -2.24. The van der Waals surface area contributed by atoms with Gasteiger partial charge in [-0.1, -0.05) is 36.8 Å². The normalized spacial score (nSPS) is 14.4. The lowest BCUT2D eigenvalue weighted by molar-refractivity contribution is 0.422. The summed E-state index contributed by atoms with van der Waals surface area (Å²) in [6.07, 6.45) is 2.94. The molecule has 2 aromatic rings. The van der Waals surface area contributed by atoms with Crippen molar-refractivity contribution in [3.63, 3.8) is 0 Å². The first-order valence-corrected chi connectivity index (χ1v) is 6.45. The molecule has 0 aliphatic heterocycles. The van der Waals surface area contributed by atoms with Crippen LogP contribution in [0.15, 0.2) is 36.5 Å². The van der Waals surface area contributed by atoms with E-state index in [9.17, 15) is 0 Å². The van der Waals surface area contributed by atoms with E-state index in [0.29, 0.717) is 0 Å². The molecule has 0 saturated heterocycles. The highest BCUT2D eigenvalue weighted by Gasteiger charge is 2.21. The maximum absolute atomic E-state index is 6.28. The molecule has 0 bridgehead atoms. The molecule has 2 atom stereocenters. The molecule has 0 aliphatic carbocycles. The highest BCUT2D eigenvalue weighted by atomic mass is 15.3. The van der Waals surface area contributed by atoms with Crippen molar-refractivity contribution in [3.05, 3.63) is 53.3 Å². The second-order valence-electron chi connectivity index (χ2n) is 4.87. The molecule has 2 rings (SSSR count). The Morgan fingerprint density at radius 3 is 2.61 bits per heavy atom. The summed E-state index contributed by atoms with van der Waals surface area (Å²) in [6, 6.07) is 10.7. The van der Waals surface area contributed by atoms with Crippen LogP contribution in [0.1, 0.15) is 36.2 Å². The number of benzene rings is 1. The fourth-order valence-corrected chi connectivity index (χ4v) is 2.26. The molecule has 3 heteroatoms. The predicted molar refractivity (Wildman–Crippen MR) is 74.5 cm³/mol. The minimum Gasteiger partial charge on any atom is -0.326 e. The maximum Gasteiger partial charge on any atom is 0.0919 e. The summed E-state index contributed by atoms with van der Waals surface area (Å²) in [5.41, 5.74) is 9.79. The number of nitrogens with zero attached hydrogens (tertiary/aromatic N) is 2. The first kappa shape index (κ1) is 12.8. The van der Waals surface area contributed by atoms with E-state index < -0.39 is 0 Å². The molecule has 0 fully saturated rings. The Balaban J connectivity index is 2.43. The van der Waals surface area contributed by atoms with Gasteiger partial charge in [-0.25, -0.2) is 0 Å². The average molecular weight is 243 g/mol. The van der Waals surface area contributed by atoms with Gasteiger partial charge in [0.1, 0.15) is 0 Å². The number of nitrogens with two attached hydrogens (primary N) is 1.